The van der Waals surface area contributed by atoms with Crippen LogP contribution in [0.4, 0.5) is 8.78 Å². The van der Waals surface area contributed by atoms with Crippen molar-refractivity contribution in [1.82, 2.24) is 10.6 Å². The third-order valence-corrected chi connectivity index (χ3v) is 6.89. The molecule has 1 saturated carbocycles. The monoisotopic (exact) mass is 502 g/mol. The van der Waals surface area contributed by atoms with Crippen LogP contribution in [0.1, 0.15) is 46.4 Å². The lowest BCUT2D eigenvalue weighted by molar-refractivity contribution is -0.143. The summed E-state index contributed by atoms with van der Waals surface area (Å²) in [4.78, 5) is 35.7. The van der Waals surface area contributed by atoms with Crippen molar-refractivity contribution < 1.29 is 33.0 Å². The minimum atomic E-state index is -0.939. The first-order valence-electron chi connectivity index (χ1n) is 11.2. The topological polar surface area (TPSA) is 105 Å². The van der Waals surface area contributed by atoms with E-state index in [9.17, 15) is 23.2 Å². The molecule has 0 bridgehead atoms. The standard InChI is InChI=1S/C25H24F2N2O5S/c26-19-13-21(34-17-4-1-14(2-5-17)25(32)33)20(27)12-18(19)24(31)29-9-8-28-23(30)16-3-6-22-15(11-16)7-10-35-22/h3,6-7,10-14,17H,1-2,4-5,8-9H2,(H,28,30)(H,29,31)(H,32,33). The number of halogens is 2. The number of carbonyl (C=O) groups excluding carboxylic acids is 2. The molecular weight excluding hydrogens is 478 g/mol. The average Bonchev–Trinajstić information content (AvgIpc) is 3.32. The molecule has 3 aromatic rings. The fourth-order valence-corrected chi connectivity index (χ4v) is 4.83. The Kier molecular flexibility index (Phi) is 7.60. The Morgan fingerprint density at radius 1 is 0.943 bits per heavy atom. The molecule has 0 aliphatic heterocycles. The molecular formula is C25H24F2N2O5S. The molecule has 184 valence electrons. The average molecular weight is 503 g/mol. The van der Waals surface area contributed by atoms with Gasteiger partial charge in [0.05, 0.1) is 17.6 Å². The molecule has 3 N–H and O–H groups in total. The van der Waals surface area contributed by atoms with Gasteiger partial charge in [0.25, 0.3) is 11.8 Å². The van der Waals surface area contributed by atoms with E-state index in [-0.39, 0.29) is 24.7 Å². The van der Waals surface area contributed by atoms with E-state index in [1.807, 2.05) is 17.5 Å². The molecule has 1 aromatic heterocycles. The summed E-state index contributed by atoms with van der Waals surface area (Å²) in [6.07, 6.45) is 1.25. The number of thiophene rings is 1. The molecule has 1 aliphatic carbocycles. The maximum absolute atomic E-state index is 14.5. The molecule has 1 fully saturated rings. The summed E-state index contributed by atoms with van der Waals surface area (Å²) in [5.41, 5.74) is 0.0149. The van der Waals surface area contributed by atoms with Gasteiger partial charge < -0.3 is 20.5 Å². The van der Waals surface area contributed by atoms with Crippen LogP contribution >= 0.6 is 11.3 Å². The number of hydrogen-bond acceptors (Lipinski definition) is 5. The third-order valence-electron chi connectivity index (χ3n) is 5.99. The second kappa shape index (κ2) is 10.8. The van der Waals surface area contributed by atoms with Gasteiger partial charge in [-0.2, -0.15) is 0 Å². The number of nitrogens with one attached hydrogen (secondary N) is 2. The summed E-state index contributed by atoms with van der Waals surface area (Å²) in [5.74, 6) is -4.56. The predicted molar refractivity (Wildman–Crippen MR) is 127 cm³/mol. The number of hydrogen-bond donors (Lipinski definition) is 3. The van der Waals surface area contributed by atoms with Gasteiger partial charge in [-0.15, -0.1) is 11.3 Å². The summed E-state index contributed by atoms with van der Waals surface area (Å²) in [6, 6.07) is 8.88. The van der Waals surface area contributed by atoms with Gasteiger partial charge in [0.1, 0.15) is 5.82 Å². The summed E-state index contributed by atoms with van der Waals surface area (Å²) in [5, 5.41) is 17.1. The lowest BCUT2D eigenvalue weighted by Crippen LogP contribution is -2.35. The first kappa shape index (κ1) is 24.6. The lowest BCUT2D eigenvalue weighted by Gasteiger charge is -2.27. The molecule has 7 nitrogen and oxygen atoms in total. The van der Waals surface area contributed by atoms with Crippen molar-refractivity contribution in [2.45, 2.75) is 31.8 Å². The molecule has 1 heterocycles. The van der Waals surface area contributed by atoms with Gasteiger partial charge >= 0.3 is 5.97 Å². The SMILES string of the molecule is O=C(NCCNC(=O)c1cc(F)c(OC2CCC(C(=O)O)CC2)cc1F)c1ccc2sccc2c1. The highest BCUT2D eigenvalue weighted by Crippen LogP contribution is 2.30. The zero-order valence-electron chi connectivity index (χ0n) is 18.7. The number of rotatable bonds is 8. The van der Waals surface area contributed by atoms with Crippen LogP contribution in [0.5, 0.6) is 5.75 Å². The van der Waals surface area contributed by atoms with E-state index >= 15 is 0 Å². The van der Waals surface area contributed by atoms with E-state index in [4.69, 9.17) is 9.84 Å². The summed E-state index contributed by atoms with van der Waals surface area (Å²) in [7, 11) is 0. The third kappa shape index (κ3) is 5.94. The van der Waals surface area contributed by atoms with Crippen molar-refractivity contribution in [3.63, 3.8) is 0 Å². The molecule has 2 amide bonds. The summed E-state index contributed by atoms with van der Waals surface area (Å²) < 4.78 is 35.6. The van der Waals surface area contributed by atoms with Gasteiger partial charge in [0.15, 0.2) is 11.6 Å². The van der Waals surface area contributed by atoms with Crippen LogP contribution in [0.15, 0.2) is 41.8 Å². The number of amides is 2. The van der Waals surface area contributed by atoms with Crippen LogP contribution in [-0.4, -0.2) is 42.1 Å². The number of ether oxygens (including phenoxy) is 1. The highest BCUT2D eigenvalue weighted by atomic mass is 32.1. The first-order chi connectivity index (χ1) is 16.8. The second-order valence-corrected chi connectivity index (χ2v) is 9.32. The molecule has 0 unspecified atom stereocenters. The molecule has 10 heteroatoms. The number of carboxylic acids is 1. The highest BCUT2D eigenvalue weighted by Gasteiger charge is 2.28. The number of fused-ring (bicyclic) bond motifs is 1. The van der Waals surface area contributed by atoms with Crippen molar-refractivity contribution in [2.75, 3.05) is 13.1 Å². The normalized spacial score (nSPS) is 17.7. The van der Waals surface area contributed by atoms with Gasteiger partial charge in [0.2, 0.25) is 0 Å². The minimum absolute atomic E-state index is 0.0252. The van der Waals surface area contributed by atoms with E-state index in [0.717, 1.165) is 22.2 Å². The van der Waals surface area contributed by atoms with Gasteiger partial charge in [-0.1, -0.05) is 0 Å². The fourth-order valence-electron chi connectivity index (χ4n) is 4.06. The summed E-state index contributed by atoms with van der Waals surface area (Å²) >= 11 is 1.58. The van der Waals surface area contributed by atoms with Crippen LogP contribution in [0, 0.1) is 17.6 Å². The van der Waals surface area contributed by atoms with Crippen LogP contribution in [0.2, 0.25) is 0 Å². The van der Waals surface area contributed by atoms with Crippen molar-refractivity contribution in [2.24, 2.45) is 5.92 Å². The predicted octanol–water partition coefficient (Wildman–Crippen LogP) is 4.36. The molecule has 0 saturated heterocycles. The van der Waals surface area contributed by atoms with Gasteiger partial charge in [-0.3, -0.25) is 14.4 Å². The zero-order chi connectivity index (χ0) is 24.9. The number of carbonyl (C=O) groups is 3. The van der Waals surface area contributed by atoms with Crippen LogP contribution < -0.4 is 15.4 Å². The Morgan fingerprint density at radius 3 is 2.37 bits per heavy atom. The minimum Gasteiger partial charge on any atom is -0.487 e. The smallest absolute Gasteiger partial charge is 0.306 e. The van der Waals surface area contributed by atoms with Gasteiger partial charge in [-0.25, -0.2) is 8.78 Å². The Labute approximate surface area is 204 Å². The molecule has 0 atom stereocenters. The number of carboxylic acid groups (broad SMARTS) is 1. The van der Waals surface area contributed by atoms with E-state index in [0.29, 0.717) is 31.2 Å². The maximum Gasteiger partial charge on any atom is 0.306 e. The number of benzene rings is 2. The van der Waals surface area contributed by atoms with E-state index in [1.54, 1.807) is 23.5 Å². The van der Waals surface area contributed by atoms with Crippen molar-refractivity contribution in [1.29, 1.82) is 0 Å². The molecule has 0 radical (unpaired) electrons. The van der Waals surface area contributed by atoms with Gasteiger partial charge in [0, 0.05) is 29.4 Å². The zero-order valence-corrected chi connectivity index (χ0v) is 19.5. The molecule has 0 spiro atoms. The largest absolute Gasteiger partial charge is 0.487 e. The molecule has 1 aliphatic rings. The lowest BCUT2D eigenvalue weighted by atomic mass is 9.87. The van der Waals surface area contributed by atoms with Crippen LogP contribution in [0.25, 0.3) is 10.1 Å². The van der Waals surface area contributed by atoms with Crippen molar-refractivity contribution in [3.8, 4) is 5.75 Å². The molecule has 4 rings (SSSR count). The first-order valence-corrected chi connectivity index (χ1v) is 12.1. The van der Waals surface area contributed by atoms with E-state index < -0.39 is 41.1 Å². The molecule has 2 aromatic carbocycles. The quantitative estimate of drug-likeness (QED) is 0.397. The van der Waals surface area contributed by atoms with Crippen molar-refractivity contribution in [3.05, 3.63) is 64.5 Å². The van der Waals surface area contributed by atoms with Gasteiger partial charge in [-0.05, 0) is 66.8 Å². The van der Waals surface area contributed by atoms with Crippen molar-refractivity contribution >= 4 is 39.2 Å². The Morgan fingerprint density at radius 2 is 1.66 bits per heavy atom. The Hall–Kier alpha value is -3.53. The second-order valence-electron chi connectivity index (χ2n) is 8.38. The Balaban J connectivity index is 1.27. The summed E-state index contributed by atoms with van der Waals surface area (Å²) in [6.45, 7) is 0.133. The van der Waals surface area contributed by atoms with Crippen LogP contribution in [-0.2, 0) is 4.79 Å². The van der Waals surface area contributed by atoms with E-state index in [1.165, 1.54) is 0 Å². The maximum atomic E-state index is 14.5. The van der Waals surface area contributed by atoms with E-state index in [2.05, 4.69) is 10.6 Å². The molecule has 35 heavy (non-hydrogen) atoms. The highest BCUT2D eigenvalue weighted by molar-refractivity contribution is 7.17. The fraction of sp³-hybridized carbons (Fsp3) is 0.320. The number of aliphatic carboxylic acids is 1. The Bertz CT molecular complexity index is 1250. The van der Waals surface area contributed by atoms with Crippen LogP contribution in [0.3, 0.4) is 0 Å².